The molecule has 2 heterocycles. The van der Waals surface area contributed by atoms with E-state index in [4.69, 9.17) is 11.5 Å². The van der Waals surface area contributed by atoms with Crippen molar-refractivity contribution in [1.82, 2.24) is 19.5 Å². The average Bonchev–Trinajstić information content (AvgIpc) is 2.77. The number of fused-ring (bicyclic) bond motifs is 1. The molecule has 5 N–H and O–H groups in total. The van der Waals surface area contributed by atoms with Crippen LogP contribution in [0.15, 0.2) is 46.1 Å². The van der Waals surface area contributed by atoms with E-state index >= 15 is 0 Å². The number of nitrogen functional groups attached to an aromatic ring is 2. The number of nitrogens with zero attached hydrogens (tertiary/aromatic N) is 5. The van der Waals surface area contributed by atoms with E-state index in [1.165, 1.54) is 18.2 Å². The third-order valence-electron chi connectivity index (χ3n) is 5.14. The molecule has 0 amide bonds. The van der Waals surface area contributed by atoms with Crippen LogP contribution in [0.2, 0.25) is 0 Å². The van der Waals surface area contributed by atoms with Crippen LogP contribution < -0.4 is 22.3 Å². The summed E-state index contributed by atoms with van der Waals surface area (Å²) in [7, 11) is -3.83. The highest BCUT2D eigenvalue weighted by Crippen LogP contribution is 2.22. The minimum Gasteiger partial charge on any atom is -0.382 e. The number of nitrogens with one attached hydrogen (secondary N) is 1. The van der Waals surface area contributed by atoms with Gasteiger partial charge < -0.3 is 16.8 Å². The fourth-order valence-corrected chi connectivity index (χ4v) is 4.57. The van der Waals surface area contributed by atoms with Gasteiger partial charge in [0.25, 0.3) is 5.56 Å². The van der Waals surface area contributed by atoms with E-state index in [-0.39, 0.29) is 63.4 Å². The zero-order valence-corrected chi connectivity index (χ0v) is 19.5. The largest absolute Gasteiger partial charge is 0.382 e. The number of nitrogens with two attached hydrogens (primary N) is 2. The first-order valence-electron chi connectivity index (χ1n) is 10.3. The molecule has 2 aromatic carbocycles. The van der Waals surface area contributed by atoms with Crippen LogP contribution in [0.25, 0.3) is 16.6 Å². The molecule has 184 valence electrons. The number of anilines is 3. The molecular formula is C22H18F2N8O3S. The van der Waals surface area contributed by atoms with E-state index in [1.807, 2.05) is 6.07 Å². The van der Waals surface area contributed by atoms with Gasteiger partial charge in [0.1, 0.15) is 34.9 Å². The predicted molar refractivity (Wildman–Crippen MR) is 128 cm³/mol. The summed E-state index contributed by atoms with van der Waals surface area (Å²) in [5.74, 6) is -2.07. The molecule has 11 nitrogen and oxygen atoms in total. The van der Waals surface area contributed by atoms with Crippen molar-refractivity contribution < 1.29 is 17.2 Å². The highest BCUT2D eigenvalue weighted by molar-refractivity contribution is 7.91. The average molecular weight is 513 g/mol. The minimum atomic E-state index is -3.83. The maximum Gasteiger partial charge on any atom is 0.267 e. The number of benzene rings is 2. The fourth-order valence-electron chi connectivity index (χ4n) is 3.68. The van der Waals surface area contributed by atoms with Gasteiger partial charge in [0.2, 0.25) is 5.95 Å². The lowest BCUT2D eigenvalue weighted by Crippen LogP contribution is -2.27. The van der Waals surface area contributed by atoms with Gasteiger partial charge in [-0.25, -0.2) is 22.2 Å². The minimum absolute atomic E-state index is 0.0128. The van der Waals surface area contributed by atoms with Crippen LogP contribution in [0, 0.1) is 23.0 Å². The molecule has 2 aromatic heterocycles. The number of aromatic nitrogens is 4. The van der Waals surface area contributed by atoms with Gasteiger partial charge >= 0.3 is 0 Å². The normalized spacial score (nSPS) is 11.4. The Morgan fingerprint density at radius 3 is 2.44 bits per heavy atom. The highest BCUT2D eigenvalue weighted by atomic mass is 32.2. The topological polar surface area (TPSA) is 183 Å². The van der Waals surface area contributed by atoms with Gasteiger partial charge in [-0.3, -0.25) is 9.36 Å². The first-order chi connectivity index (χ1) is 17.0. The van der Waals surface area contributed by atoms with Gasteiger partial charge in [0, 0.05) is 25.3 Å². The molecule has 0 saturated heterocycles. The molecule has 4 rings (SSSR count). The van der Waals surface area contributed by atoms with Crippen molar-refractivity contribution >= 4 is 38.3 Å². The van der Waals surface area contributed by atoms with Crippen LogP contribution in [-0.2, 0) is 16.3 Å². The summed E-state index contributed by atoms with van der Waals surface area (Å²) < 4.78 is 53.7. The summed E-state index contributed by atoms with van der Waals surface area (Å²) in [6, 6.07) is 8.51. The number of rotatable bonds is 6. The maximum absolute atomic E-state index is 14.0. The van der Waals surface area contributed by atoms with Gasteiger partial charge in [-0.05, 0) is 24.3 Å². The van der Waals surface area contributed by atoms with Gasteiger partial charge in [0.15, 0.2) is 15.7 Å². The zero-order chi connectivity index (χ0) is 26.2. The third kappa shape index (κ3) is 4.64. The Morgan fingerprint density at radius 2 is 1.81 bits per heavy atom. The van der Waals surface area contributed by atoms with E-state index in [1.54, 1.807) is 0 Å². The summed E-state index contributed by atoms with van der Waals surface area (Å²) in [6.07, 6.45) is 0.929. The molecule has 0 aliphatic heterocycles. The standard InChI is InChI=1S/C22H18F2N8O3S/c1-36(34,35)16-4-2-3-15-18(16)21(33)32(13-8-11(23)7-12(24)9-13)17(29-15)5-6-28-20-14(10-25)19(26)30-22(27)31-20/h2-4,7-9H,5-6H2,1H3,(H5,26,27,28,30,31). The summed E-state index contributed by atoms with van der Waals surface area (Å²) in [4.78, 5) is 25.4. The first-order valence-corrected chi connectivity index (χ1v) is 12.2. The monoisotopic (exact) mass is 512 g/mol. The second kappa shape index (κ2) is 9.19. The van der Waals surface area contributed by atoms with Gasteiger partial charge in [0.05, 0.1) is 21.5 Å². The zero-order valence-electron chi connectivity index (χ0n) is 18.7. The fraction of sp³-hybridized carbons (Fsp3) is 0.136. The Hall–Kier alpha value is -4.64. The van der Waals surface area contributed by atoms with Crippen molar-refractivity contribution in [2.45, 2.75) is 11.3 Å². The van der Waals surface area contributed by atoms with Crippen LogP contribution in [0.1, 0.15) is 11.4 Å². The molecule has 0 spiro atoms. The summed E-state index contributed by atoms with van der Waals surface area (Å²) in [5.41, 5.74) is 10.3. The van der Waals surface area contributed by atoms with Crippen LogP contribution in [0.3, 0.4) is 0 Å². The molecule has 0 aliphatic carbocycles. The molecule has 0 saturated carbocycles. The highest BCUT2D eigenvalue weighted by Gasteiger charge is 2.21. The van der Waals surface area contributed by atoms with E-state index in [9.17, 15) is 27.3 Å². The second-order valence-electron chi connectivity index (χ2n) is 7.70. The lowest BCUT2D eigenvalue weighted by molar-refractivity contribution is 0.580. The lowest BCUT2D eigenvalue weighted by atomic mass is 10.2. The predicted octanol–water partition coefficient (Wildman–Crippen LogP) is 1.55. The van der Waals surface area contributed by atoms with Crippen molar-refractivity contribution in [1.29, 1.82) is 5.26 Å². The van der Waals surface area contributed by atoms with Crippen molar-refractivity contribution in [3.63, 3.8) is 0 Å². The number of halogens is 2. The molecular weight excluding hydrogens is 494 g/mol. The van der Waals surface area contributed by atoms with Gasteiger partial charge in [-0.2, -0.15) is 15.2 Å². The molecule has 36 heavy (non-hydrogen) atoms. The number of hydrogen-bond donors (Lipinski definition) is 3. The van der Waals surface area contributed by atoms with E-state index in [0.717, 1.165) is 23.0 Å². The molecule has 0 aliphatic rings. The number of sulfone groups is 1. The third-order valence-corrected chi connectivity index (χ3v) is 6.28. The molecule has 4 aromatic rings. The van der Waals surface area contributed by atoms with Crippen molar-refractivity contribution in [3.8, 4) is 11.8 Å². The molecule has 0 unspecified atom stereocenters. The summed E-state index contributed by atoms with van der Waals surface area (Å²) in [6.45, 7) is 0.0338. The van der Waals surface area contributed by atoms with Crippen molar-refractivity contribution in [2.24, 2.45) is 0 Å². The molecule has 0 radical (unpaired) electrons. The summed E-state index contributed by atoms with van der Waals surface area (Å²) in [5, 5.41) is 12.0. The van der Waals surface area contributed by atoms with Crippen LogP contribution in [-0.4, -0.2) is 40.7 Å². The smallest absolute Gasteiger partial charge is 0.267 e. The Labute approximate surface area is 203 Å². The SMILES string of the molecule is CS(=O)(=O)c1cccc2nc(CCNc3nc(N)nc(N)c3C#N)n(-c3cc(F)cc(F)c3)c(=O)c12. The second-order valence-corrected chi connectivity index (χ2v) is 9.68. The van der Waals surface area contributed by atoms with Crippen LogP contribution >= 0.6 is 0 Å². The molecule has 14 heteroatoms. The lowest BCUT2D eigenvalue weighted by Gasteiger charge is -2.16. The van der Waals surface area contributed by atoms with Crippen molar-refractivity contribution in [3.05, 3.63) is 69.8 Å². The van der Waals surface area contributed by atoms with E-state index in [0.29, 0.717) is 6.07 Å². The van der Waals surface area contributed by atoms with Gasteiger partial charge in [-0.15, -0.1) is 0 Å². The molecule has 0 fully saturated rings. The Kier molecular flexibility index (Phi) is 6.25. The van der Waals surface area contributed by atoms with Crippen LogP contribution in [0.5, 0.6) is 0 Å². The van der Waals surface area contributed by atoms with Crippen LogP contribution in [0.4, 0.5) is 26.4 Å². The van der Waals surface area contributed by atoms with E-state index in [2.05, 4.69) is 20.3 Å². The quantitative estimate of drug-likeness (QED) is 0.343. The Balaban J connectivity index is 1.87. The molecule has 0 atom stereocenters. The van der Waals surface area contributed by atoms with E-state index < -0.39 is 27.0 Å². The number of nitriles is 1. The first kappa shape index (κ1) is 24.5. The molecule has 0 bridgehead atoms. The Bertz CT molecular complexity index is 1710. The van der Waals surface area contributed by atoms with Crippen molar-refractivity contribution in [2.75, 3.05) is 29.6 Å². The number of hydrogen-bond acceptors (Lipinski definition) is 10. The maximum atomic E-state index is 14.0. The summed E-state index contributed by atoms with van der Waals surface area (Å²) >= 11 is 0. The Morgan fingerprint density at radius 1 is 1.11 bits per heavy atom. The van der Waals surface area contributed by atoms with Gasteiger partial charge in [-0.1, -0.05) is 6.07 Å².